The van der Waals surface area contributed by atoms with E-state index >= 15 is 0 Å². The minimum absolute atomic E-state index is 0.259. The molecule has 0 aliphatic carbocycles. The lowest BCUT2D eigenvalue weighted by atomic mass is 10.2. The molecule has 0 aliphatic rings. The SMILES string of the molecule is Cc1csc(-n2nnc(CN)c2/C=C/c2ccc(F)cc2)n1. The Hall–Kier alpha value is -2.38. The van der Waals surface area contributed by atoms with E-state index in [9.17, 15) is 4.39 Å². The van der Waals surface area contributed by atoms with Crippen LogP contribution in [0.1, 0.15) is 22.6 Å². The van der Waals surface area contributed by atoms with Crippen molar-refractivity contribution in [1.82, 2.24) is 20.0 Å². The molecule has 2 heterocycles. The van der Waals surface area contributed by atoms with E-state index < -0.39 is 0 Å². The Labute approximate surface area is 130 Å². The zero-order valence-corrected chi connectivity index (χ0v) is 12.7. The summed E-state index contributed by atoms with van der Waals surface area (Å²) in [7, 11) is 0. The fourth-order valence-electron chi connectivity index (χ4n) is 1.96. The maximum Gasteiger partial charge on any atom is 0.212 e. The van der Waals surface area contributed by atoms with Crippen LogP contribution in [0.5, 0.6) is 0 Å². The van der Waals surface area contributed by atoms with Gasteiger partial charge in [0.15, 0.2) is 0 Å². The molecule has 5 nitrogen and oxygen atoms in total. The van der Waals surface area contributed by atoms with Gasteiger partial charge < -0.3 is 5.73 Å². The molecule has 2 aromatic heterocycles. The third-order valence-corrected chi connectivity index (χ3v) is 4.00. The van der Waals surface area contributed by atoms with Crippen LogP contribution >= 0.6 is 11.3 Å². The van der Waals surface area contributed by atoms with Crippen LogP contribution in [0.15, 0.2) is 29.6 Å². The maximum atomic E-state index is 12.9. The Morgan fingerprint density at radius 1 is 1.27 bits per heavy atom. The second kappa shape index (κ2) is 6.17. The van der Waals surface area contributed by atoms with E-state index in [-0.39, 0.29) is 12.4 Å². The first kappa shape index (κ1) is 14.6. The molecule has 22 heavy (non-hydrogen) atoms. The summed E-state index contributed by atoms with van der Waals surface area (Å²) >= 11 is 1.49. The number of nitrogens with two attached hydrogens (primary N) is 1. The van der Waals surface area contributed by atoms with Crippen molar-refractivity contribution >= 4 is 23.5 Å². The molecule has 3 aromatic rings. The molecule has 0 aliphatic heterocycles. The van der Waals surface area contributed by atoms with Crippen molar-refractivity contribution in [3.05, 3.63) is 58.1 Å². The van der Waals surface area contributed by atoms with Crippen molar-refractivity contribution in [2.45, 2.75) is 13.5 Å². The molecular formula is C15H14FN5S. The van der Waals surface area contributed by atoms with E-state index in [0.717, 1.165) is 22.1 Å². The van der Waals surface area contributed by atoms with Gasteiger partial charge in [0.25, 0.3) is 0 Å². The Bertz CT molecular complexity index is 804. The molecule has 0 saturated carbocycles. The largest absolute Gasteiger partial charge is 0.325 e. The zero-order chi connectivity index (χ0) is 15.5. The van der Waals surface area contributed by atoms with Crippen molar-refractivity contribution in [3.63, 3.8) is 0 Å². The minimum Gasteiger partial charge on any atom is -0.325 e. The average molecular weight is 315 g/mol. The van der Waals surface area contributed by atoms with Gasteiger partial charge in [-0.05, 0) is 30.7 Å². The Morgan fingerprint density at radius 2 is 2.05 bits per heavy atom. The number of rotatable bonds is 4. The van der Waals surface area contributed by atoms with Crippen LogP contribution in [0.2, 0.25) is 0 Å². The number of thiazole rings is 1. The lowest BCUT2D eigenvalue weighted by Crippen LogP contribution is -2.02. The summed E-state index contributed by atoms with van der Waals surface area (Å²) in [4.78, 5) is 4.41. The molecule has 2 N–H and O–H groups in total. The van der Waals surface area contributed by atoms with Crippen molar-refractivity contribution in [1.29, 1.82) is 0 Å². The number of hydrogen-bond acceptors (Lipinski definition) is 5. The first-order valence-corrected chi connectivity index (χ1v) is 7.56. The molecule has 0 fully saturated rings. The fourth-order valence-corrected chi connectivity index (χ4v) is 2.72. The maximum absolute atomic E-state index is 12.9. The van der Waals surface area contributed by atoms with Gasteiger partial charge in [-0.2, -0.15) is 4.68 Å². The van der Waals surface area contributed by atoms with Crippen LogP contribution in [0.3, 0.4) is 0 Å². The fraction of sp³-hybridized carbons (Fsp3) is 0.133. The van der Waals surface area contributed by atoms with Crippen molar-refractivity contribution in [2.24, 2.45) is 5.73 Å². The monoisotopic (exact) mass is 315 g/mol. The minimum atomic E-state index is -0.259. The van der Waals surface area contributed by atoms with E-state index in [1.165, 1.54) is 23.5 Å². The summed E-state index contributed by atoms with van der Waals surface area (Å²) in [5, 5.41) is 10.9. The number of aryl methyl sites for hydroxylation is 1. The van der Waals surface area contributed by atoms with Gasteiger partial charge in [-0.25, -0.2) is 9.37 Å². The standard InChI is InChI=1S/C15H14FN5S/c1-10-9-22-15(18-10)21-14(13(8-17)19-20-21)7-4-11-2-5-12(16)6-3-11/h2-7,9H,8,17H2,1H3/b7-4+. The number of benzene rings is 1. The van der Waals surface area contributed by atoms with E-state index in [2.05, 4.69) is 15.3 Å². The summed E-state index contributed by atoms with van der Waals surface area (Å²) in [5.74, 6) is -0.259. The Balaban J connectivity index is 1.98. The van der Waals surface area contributed by atoms with Crippen molar-refractivity contribution in [2.75, 3.05) is 0 Å². The van der Waals surface area contributed by atoms with Gasteiger partial charge in [0.2, 0.25) is 5.13 Å². The van der Waals surface area contributed by atoms with Crippen LogP contribution in [0.4, 0.5) is 4.39 Å². The second-order valence-corrected chi connectivity index (χ2v) is 5.53. The highest BCUT2D eigenvalue weighted by Crippen LogP contribution is 2.19. The predicted octanol–water partition coefficient (Wildman–Crippen LogP) is 2.80. The highest BCUT2D eigenvalue weighted by molar-refractivity contribution is 7.12. The summed E-state index contributed by atoms with van der Waals surface area (Å²) < 4.78 is 14.6. The summed E-state index contributed by atoms with van der Waals surface area (Å²) in [5.41, 5.74) is 9.00. The van der Waals surface area contributed by atoms with Crippen LogP contribution in [-0.2, 0) is 6.54 Å². The summed E-state index contributed by atoms with van der Waals surface area (Å²) in [6.07, 6.45) is 3.74. The van der Waals surface area contributed by atoms with E-state index in [0.29, 0.717) is 5.69 Å². The first-order valence-electron chi connectivity index (χ1n) is 6.68. The number of halogens is 1. The lowest BCUT2D eigenvalue weighted by Gasteiger charge is -2.00. The van der Waals surface area contributed by atoms with Gasteiger partial charge >= 0.3 is 0 Å². The van der Waals surface area contributed by atoms with Gasteiger partial charge in [-0.15, -0.1) is 16.4 Å². The van der Waals surface area contributed by atoms with Gasteiger partial charge in [-0.3, -0.25) is 0 Å². The van der Waals surface area contributed by atoms with Gasteiger partial charge in [0, 0.05) is 11.9 Å². The Morgan fingerprint density at radius 3 is 2.68 bits per heavy atom. The smallest absolute Gasteiger partial charge is 0.212 e. The third kappa shape index (κ3) is 2.95. The molecule has 0 radical (unpaired) electrons. The van der Waals surface area contributed by atoms with Crippen LogP contribution in [-0.4, -0.2) is 20.0 Å². The summed E-state index contributed by atoms with van der Waals surface area (Å²) in [6.45, 7) is 2.21. The molecule has 0 spiro atoms. The predicted molar refractivity (Wildman–Crippen MR) is 85.0 cm³/mol. The molecule has 0 unspecified atom stereocenters. The van der Waals surface area contributed by atoms with Gasteiger partial charge in [0.05, 0.1) is 11.4 Å². The molecule has 0 saturated heterocycles. The van der Waals surface area contributed by atoms with Crippen LogP contribution < -0.4 is 5.73 Å². The van der Waals surface area contributed by atoms with E-state index in [1.807, 2.05) is 24.5 Å². The molecule has 0 amide bonds. The van der Waals surface area contributed by atoms with Crippen molar-refractivity contribution in [3.8, 4) is 5.13 Å². The van der Waals surface area contributed by atoms with Crippen LogP contribution in [0, 0.1) is 12.7 Å². The average Bonchev–Trinajstić information content (AvgIpc) is 3.12. The van der Waals surface area contributed by atoms with Gasteiger partial charge in [-0.1, -0.05) is 23.4 Å². The van der Waals surface area contributed by atoms with Gasteiger partial charge in [0.1, 0.15) is 11.5 Å². The molecule has 0 atom stereocenters. The highest BCUT2D eigenvalue weighted by Gasteiger charge is 2.13. The third-order valence-electron chi connectivity index (χ3n) is 3.06. The number of hydrogen-bond donors (Lipinski definition) is 1. The normalized spacial score (nSPS) is 11.4. The number of aromatic nitrogens is 4. The Kier molecular flexibility index (Phi) is 4.08. The van der Waals surface area contributed by atoms with Crippen molar-refractivity contribution < 1.29 is 4.39 Å². The molecule has 1 aromatic carbocycles. The molecule has 112 valence electrons. The van der Waals surface area contributed by atoms with E-state index in [1.54, 1.807) is 16.8 Å². The molecule has 7 heteroatoms. The highest BCUT2D eigenvalue weighted by atomic mass is 32.1. The summed E-state index contributed by atoms with van der Waals surface area (Å²) in [6, 6.07) is 6.25. The molecule has 0 bridgehead atoms. The quantitative estimate of drug-likeness (QED) is 0.804. The first-order chi connectivity index (χ1) is 10.7. The van der Waals surface area contributed by atoms with Crippen LogP contribution in [0.25, 0.3) is 17.3 Å². The second-order valence-electron chi connectivity index (χ2n) is 4.69. The number of nitrogens with zero attached hydrogens (tertiary/aromatic N) is 4. The lowest BCUT2D eigenvalue weighted by molar-refractivity contribution is 0.628. The zero-order valence-electron chi connectivity index (χ0n) is 11.9. The topological polar surface area (TPSA) is 69.6 Å². The van der Waals surface area contributed by atoms with E-state index in [4.69, 9.17) is 5.73 Å². The molecule has 3 rings (SSSR count). The molecular weight excluding hydrogens is 301 g/mol.